The van der Waals surface area contributed by atoms with Crippen LogP contribution in [0.5, 0.6) is 0 Å². The number of nitrogens with two attached hydrogens (primary N) is 1. The van der Waals surface area contributed by atoms with Crippen LogP contribution in [-0.4, -0.2) is 41.5 Å². The molecule has 1 heterocycles. The summed E-state index contributed by atoms with van der Waals surface area (Å²) >= 11 is 0. The van der Waals surface area contributed by atoms with E-state index in [1.807, 2.05) is 0 Å². The minimum absolute atomic E-state index is 0.0916. The van der Waals surface area contributed by atoms with Gasteiger partial charge in [-0.2, -0.15) is 0 Å². The predicted octanol–water partition coefficient (Wildman–Crippen LogP) is 4.77. The van der Waals surface area contributed by atoms with Crippen molar-refractivity contribution in [3.63, 3.8) is 0 Å². The summed E-state index contributed by atoms with van der Waals surface area (Å²) in [7, 11) is 0. The number of aliphatic hydroxyl groups excluding tert-OH is 1. The van der Waals surface area contributed by atoms with Crippen LogP contribution in [0.4, 0.5) is 0 Å². The normalized spacial score (nSPS) is 53.1. The number of fused-ring (bicyclic) bond motifs is 3. The Kier molecular flexibility index (Phi) is 6.12. The van der Waals surface area contributed by atoms with Crippen molar-refractivity contribution in [1.82, 2.24) is 5.43 Å². The number of nitrogens with one attached hydrogen (secondary N) is 1. The molecule has 204 valence electrons. The first-order valence-corrected chi connectivity index (χ1v) is 14.4. The second-order valence-electron chi connectivity index (χ2n) is 14.8. The third-order valence-corrected chi connectivity index (χ3v) is 13.4. The van der Waals surface area contributed by atoms with Crippen molar-refractivity contribution in [2.24, 2.45) is 62.5 Å². The van der Waals surface area contributed by atoms with Crippen LogP contribution < -0.4 is 11.3 Å². The van der Waals surface area contributed by atoms with Crippen molar-refractivity contribution in [2.45, 2.75) is 99.1 Å². The van der Waals surface area contributed by atoms with Gasteiger partial charge in [-0.15, -0.1) is 0 Å². The van der Waals surface area contributed by atoms with Gasteiger partial charge in [0, 0.05) is 16.9 Å². The highest BCUT2D eigenvalue weighted by Crippen LogP contribution is 2.74. The fraction of sp³-hybridized carbons (Fsp3) is 0.900. The first-order chi connectivity index (χ1) is 16.7. The summed E-state index contributed by atoms with van der Waals surface area (Å²) in [6, 6.07) is -0.163. The molecule has 11 atom stereocenters. The zero-order valence-corrected chi connectivity index (χ0v) is 23.6. The molecule has 0 aromatic rings. The quantitative estimate of drug-likeness (QED) is 0.251. The van der Waals surface area contributed by atoms with Crippen molar-refractivity contribution >= 4 is 5.97 Å². The molecule has 0 amide bonds. The van der Waals surface area contributed by atoms with Crippen LogP contribution in [0.15, 0.2) is 11.6 Å². The van der Waals surface area contributed by atoms with Gasteiger partial charge in [0.15, 0.2) is 0 Å². The van der Waals surface area contributed by atoms with Gasteiger partial charge in [0.25, 0.3) is 0 Å². The molecule has 0 radical (unpaired) electrons. The number of hydrogen-bond donors (Lipinski definition) is 4. The highest BCUT2D eigenvalue weighted by atomic mass is 16.5. The molecule has 5 rings (SSSR count). The number of hydrogen-bond acceptors (Lipinski definition) is 5. The maximum Gasteiger partial charge on any atom is 0.307 e. The Morgan fingerprint density at radius 1 is 1.11 bits per heavy atom. The van der Waals surface area contributed by atoms with Gasteiger partial charge >= 0.3 is 5.97 Å². The second-order valence-corrected chi connectivity index (χ2v) is 14.8. The molecular weight excluding hydrogens is 452 g/mol. The molecule has 1 saturated heterocycles. The van der Waals surface area contributed by atoms with E-state index in [9.17, 15) is 15.0 Å². The number of carboxylic acids is 1. The molecule has 4 fully saturated rings. The monoisotopic (exact) mass is 502 g/mol. The Labute approximate surface area is 217 Å². The van der Waals surface area contributed by atoms with Crippen LogP contribution >= 0.6 is 0 Å². The van der Waals surface area contributed by atoms with Gasteiger partial charge in [-0.1, -0.05) is 60.1 Å². The number of aliphatic hydroxyl groups is 1. The molecule has 1 unspecified atom stereocenters. The molecule has 3 saturated carbocycles. The minimum Gasteiger partial charge on any atom is -0.481 e. The molecule has 0 aromatic carbocycles. The minimum atomic E-state index is -0.621. The van der Waals surface area contributed by atoms with E-state index in [1.165, 1.54) is 5.57 Å². The van der Waals surface area contributed by atoms with Crippen LogP contribution in [0.2, 0.25) is 0 Å². The lowest BCUT2D eigenvalue weighted by Gasteiger charge is -2.71. The molecule has 5 aliphatic rings. The van der Waals surface area contributed by atoms with Gasteiger partial charge in [-0.3, -0.25) is 16.1 Å². The van der Waals surface area contributed by atoms with Gasteiger partial charge in [-0.25, -0.2) is 0 Å². The fourth-order valence-electron chi connectivity index (χ4n) is 10.8. The third-order valence-electron chi connectivity index (χ3n) is 13.4. The number of ether oxygens (including phenoxy) is 1. The molecule has 1 aliphatic heterocycles. The number of aliphatic carboxylic acids is 1. The highest BCUT2D eigenvalue weighted by Gasteiger charge is 2.71. The standard InChI is InChI=1S/C30H50N2O4/c1-17(2)18(3)26(4)12-13-28(6)19-8-9-22-27(5)15-36-16-30(22,14-21(32-31)24(27)33)20(19)10-11-29(28,7)23(26)25(34)35/h10,17-19,21-24,32-33H,8-9,11-16,31H2,1-7H3,(H,34,35)/t18-,19+,21-,22+,23-,24+,26-,27?,28-,29+,30+/m1/s1. The smallest absolute Gasteiger partial charge is 0.307 e. The molecule has 2 bridgehead atoms. The molecule has 6 heteroatoms. The average Bonchev–Trinajstić information content (AvgIpc) is 2.81. The maximum atomic E-state index is 13.1. The van der Waals surface area contributed by atoms with Gasteiger partial charge in [0.1, 0.15) is 0 Å². The second kappa shape index (κ2) is 8.27. The Bertz CT molecular complexity index is 951. The van der Waals surface area contributed by atoms with Crippen molar-refractivity contribution in [1.29, 1.82) is 0 Å². The van der Waals surface area contributed by atoms with Gasteiger partial charge in [0.05, 0.1) is 25.2 Å². The van der Waals surface area contributed by atoms with Crippen molar-refractivity contribution in [3.05, 3.63) is 11.6 Å². The van der Waals surface area contributed by atoms with E-state index in [-0.39, 0.29) is 39.0 Å². The summed E-state index contributed by atoms with van der Waals surface area (Å²) in [5.41, 5.74) is 3.33. The SMILES string of the molecule is CC(C)[C@@H](C)[C@@]1(C)CC[C@]2(C)[C@H]3CC[C@H]4C5(C)COC[C@@]4(C[C@@H](NN)[C@@H]5O)C3=CC[C@@]2(C)[C@@H]1C(=O)O. The molecule has 6 nitrogen and oxygen atoms in total. The Morgan fingerprint density at radius 3 is 2.42 bits per heavy atom. The van der Waals surface area contributed by atoms with Gasteiger partial charge < -0.3 is 14.9 Å². The van der Waals surface area contributed by atoms with E-state index < -0.39 is 12.1 Å². The average molecular weight is 503 g/mol. The van der Waals surface area contributed by atoms with Crippen LogP contribution in [-0.2, 0) is 9.53 Å². The first-order valence-electron chi connectivity index (χ1n) is 14.4. The van der Waals surface area contributed by atoms with Crippen molar-refractivity contribution < 1.29 is 19.7 Å². The predicted molar refractivity (Wildman–Crippen MR) is 141 cm³/mol. The van der Waals surface area contributed by atoms with E-state index >= 15 is 0 Å². The van der Waals surface area contributed by atoms with Crippen LogP contribution in [0.1, 0.15) is 87.0 Å². The third kappa shape index (κ3) is 3.08. The summed E-state index contributed by atoms with van der Waals surface area (Å²) in [6.45, 7) is 17.2. The summed E-state index contributed by atoms with van der Waals surface area (Å²) < 4.78 is 6.29. The van der Waals surface area contributed by atoms with Crippen molar-refractivity contribution in [3.8, 4) is 0 Å². The Hall–Kier alpha value is -0.950. The fourth-order valence-corrected chi connectivity index (χ4v) is 10.8. The number of allylic oxidation sites excluding steroid dienone is 1. The zero-order chi connectivity index (χ0) is 26.5. The van der Waals surface area contributed by atoms with Gasteiger partial charge in [-0.05, 0) is 78.4 Å². The highest BCUT2D eigenvalue weighted by molar-refractivity contribution is 5.73. The molecular formula is C30H50N2O4. The number of rotatable bonds is 4. The lowest BCUT2D eigenvalue weighted by Crippen LogP contribution is -2.71. The number of carboxylic acid groups (broad SMARTS) is 1. The number of hydrazine groups is 1. The van der Waals surface area contributed by atoms with E-state index in [2.05, 4.69) is 60.0 Å². The summed E-state index contributed by atoms with van der Waals surface area (Å²) in [4.78, 5) is 13.1. The Balaban J connectivity index is 1.62. The Morgan fingerprint density at radius 2 is 1.81 bits per heavy atom. The largest absolute Gasteiger partial charge is 0.481 e. The van der Waals surface area contributed by atoms with Crippen molar-refractivity contribution in [2.75, 3.05) is 13.2 Å². The van der Waals surface area contributed by atoms with Crippen LogP contribution in [0.3, 0.4) is 0 Å². The molecule has 0 aromatic heterocycles. The molecule has 4 aliphatic carbocycles. The molecule has 5 N–H and O–H groups in total. The van der Waals surface area contributed by atoms with Gasteiger partial charge in [0.2, 0.25) is 0 Å². The molecule has 0 spiro atoms. The first kappa shape index (κ1) is 26.6. The lowest BCUT2D eigenvalue weighted by atomic mass is 9.34. The van der Waals surface area contributed by atoms with E-state index in [1.54, 1.807) is 0 Å². The van der Waals surface area contributed by atoms with Crippen LogP contribution in [0.25, 0.3) is 0 Å². The summed E-state index contributed by atoms with van der Waals surface area (Å²) in [5.74, 6) is 6.47. The topological polar surface area (TPSA) is 105 Å². The number of carbonyl (C=O) groups is 1. The van der Waals surface area contributed by atoms with E-state index in [0.29, 0.717) is 36.9 Å². The summed E-state index contributed by atoms with van der Waals surface area (Å²) in [5, 5.41) is 22.1. The summed E-state index contributed by atoms with van der Waals surface area (Å²) in [6.07, 6.45) is 7.62. The molecule has 36 heavy (non-hydrogen) atoms. The van der Waals surface area contributed by atoms with E-state index in [4.69, 9.17) is 10.6 Å². The van der Waals surface area contributed by atoms with Crippen LogP contribution in [0, 0.1) is 56.7 Å². The maximum absolute atomic E-state index is 13.1. The van der Waals surface area contributed by atoms with E-state index in [0.717, 1.165) is 38.5 Å². The lowest BCUT2D eigenvalue weighted by molar-refractivity contribution is -0.235. The zero-order valence-electron chi connectivity index (χ0n) is 23.6.